The molecular weight excluding hydrogens is 318 g/mol. The van der Waals surface area contributed by atoms with E-state index < -0.39 is 5.97 Å². The van der Waals surface area contributed by atoms with Crippen LogP contribution in [0.15, 0.2) is 0 Å². The maximum atomic E-state index is 12.1. The summed E-state index contributed by atoms with van der Waals surface area (Å²) in [6.07, 6.45) is 3.79. The molecule has 0 aromatic carbocycles. The molecule has 3 atom stereocenters. The van der Waals surface area contributed by atoms with E-state index in [1.807, 2.05) is 18.7 Å². The minimum absolute atomic E-state index is 0.0793. The van der Waals surface area contributed by atoms with E-state index in [2.05, 4.69) is 10.6 Å². The van der Waals surface area contributed by atoms with E-state index in [-0.39, 0.29) is 30.6 Å². The topological polar surface area (TPSA) is 98.7 Å². The smallest absolute Gasteiger partial charge is 0.323 e. The van der Waals surface area contributed by atoms with Gasteiger partial charge in [0, 0.05) is 24.0 Å². The number of unbranched alkanes of at least 4 members (excludes halogenated alkanes) is 1. The summed E-state index contributed by atoms with van der Waals surface area (Å²) in [5, 5.41) is 15.1. The number of carboxylic acids is 1. The van der Waals surface area contributed by atoms with Crippen LogP contribution in [0.3, 0.4) is 0 Å². The Balaban J connectivity index is 1.67. The van der Waals surface area contributed by atoms with E-state index in [4.69, 9.17) is 5.11 Å². The monoisotopic (exact) mass is 343 g/mol. The number of fused-ring (bicyclic) bond motifs is 1. The number of aliphatic carboxylic acids is 1. The van der Waals surface area contributed by atoms with Crippen molar-refractivity contribution in [2.24, 2.45) is 0 Å². The number of hydrogen-bond acceptors (Lipinski definition) is 4. The molecule has 3 amide bonds. The predicted octanol–water partition coefficient (Wildman–Crippen LogP) is 1.04. The second kappa shape index (κ2) is 8.42. The number of carboxylic acid groups (broad SMARTS) is 1. The van der Waals surface area contributed by atoms with Gasteiger partial charge in [-0.2, -0.15) is 11.8 Å². The molecule has 3 unspecified atom stereocenters. The SMILES string of the molecule is CCCN(CC(=O)O)C(=O)CCCCC1SCC2NC(=O)NC21. The van der Waals surface area contributed by atoms with Crippen molar-refractivity contribution in [1.29, 1.82) is 0 Å². The summed E-state index contributed by atoms with van der Waals surface area (Å²) in [5.41, 5.74) is 0. The van der Waals surface area contributed by atoms with Crippen LogP contribution >= 0.6 is 11.8 Å². The first-order chi connectivity index (χ1) is 11.0. The van der Waals surface area contributed by atoms with Gasteiger partial charge in [0.15, 0.2) is 0 Å². The Morgan fingerprint density at radius 2 is 2.13 bits per heavy atom. The summed E-state index contributed by atoms with van der Waals surface area (Å²) in [7, 11) is 0. The number of urea groups is 1. The predicted molar refractivity (Wildman–Crippen MR) is 88.5 cm³/mol. The molecule has 0 aliphatic carbocycles. The molecule has 2 fully saturated rings. The van der Waals surface area contributed by atoms with Crippen molar-refractivity contribution < 1.29 is 19.5 Å². The van der Waals surface area contributed by atoms with Gasteiger partial charge in [0.1, 0.15) is 6.54 Å². The highest BCUT2D eigenvalue weighted by Gasteiger charge is 2.42. The average Bonchev–Trinajstić information content (AvgIpc) is 3.02. The van der Waals surface area contributed by atoms with Crippen molar-refractivity contribution in [2.75, 3.05) is 18.8 Å². The van der Waals surface area contributed by atoms with Crippen LogP contribution < -0.4 is 10.6 Å². The van der Waals surface area contributed by atoms with Gasteiger partial charge in [0.25, 0.3) is 0 Å². The molecule has 8 heteroatoms. The van der Waals surface area contributed by atoms with Gasteiger partial charge in [-0.1, -0.05) is 13.3 Å². The van der Waals surface area contributed by atoms with Crippen LogP contribution in [0.4, 0.5) is 4.79 Å². The van der Waals surface area contributed by atoms with Gasteiger partial charge in [0.05, 0.1) is 12.1 Å². The normalized spacial score (nSPS) is 25.6. The molecule has 0 bridgehead atoms. The number of nitrogens with one attached hydrogen (secondary N) is 2. The second-order valence-corrected chi connectivity index (χ2v) is 7.35. The van der Waals surface area contributed by atoms with E-state index in [9.17, 15) is 14.4 Å². The maximum absolute atomic E-state index is 12.1. The Labute approximate surface area is 140 Å². The number of amides is 3. The zero-order valence-corrected chi connectivity index (χ0v) is 14.2. The van der Waals surface area contributed by atoms with Crippen LogP contribution in [0.1, 0.15) is 39.0 Å². The van der Waals surface area contributed by atoms with Crippen LogP contribution in [0.25, 0.3) is 0 Å². The first-order valence-corrected chi connectivity index (χ1v) is 9.24. The lowest BCUT2D eigenvalue weighted by molar-refractivity contribution is -0.144. The molecule has 7 nitrogen and oxygen atoms in total. The fraction of sp³-hybridized carbons (Fsp3) is 0.800. The van der Waals surface area contributed by atoms with Gasteiger partial charge in [-0.3, -0.25) is 9.59 Å². The van der Waals surface area contributed by atoms with Crippen molar-refractivity contribution in [3.8, 4) is 0 Å². The standard InChI is InChI=1S/C15H25N3O4S/c1-2-7-18(8-13(20)21)12(19)6-4-3-5-11-14-10(9-23-11)16-15(22)17-14/h10-11,14H,2-9H2,1H3,(H,20,21)(H2,16,17,22). The van der Waals surface area contributed by atoms with Crippen LogP contribution in [-0.2, 0) is 9.59 Å². The lowest BCUT2D eigenvalue weighted by atomic mass is 10.0. The van der Waals surface area contributed by atoms with E-state index in [1.54, 1.807) is 0 Å². The molecule has 2 aliphatic heterocycles. The Bertz CT molecular complexity index is 460. The molecule has 0 radical (unpaired) electrons. The molecule has 2 rings (SSSR count). The van der Waals surface area contributed by atoms with Gasteiger partial charge < -0.3 is 20.6 Å². The van der Waals surface area contributed by atoms with Crippen LogP contribution in [0.2, 0.25) is 0 Å². The van der Waals surface area contributed by atoms with Crippen molar-refractivity contribution in [3.05, 3.63) is 0 Å². The van der Waals surface area contributed by atoms with Gasteiger partial charge in [-0.25, -0.2) is 4.79 Å². The van der Waals surface area contributed by atoms with Crippen molar-refractivity contribution >= 4 is 29.7 Å². The number of thioether (sulfide) groups is 1. The number of carbonyl (C=O) groups is 3. The quantitative estimate of drug-likeness (QED) is 0.429. The highest BCUT2D eigenvalue weighted by atomic mass is 32.2. The minimum atomic E-state index is -0.968. The summed E-state index contributed by atoms with van der Waals surface area (Å²) in [4.78, 5) is 35.6. The van der Waals surface area contributed by atoms with Crippen molar-refractivity contribution in [3.63, 3.8) is 0 Å². The zero-order valence-electron chi connectivity index (χ0n) is 13.4. The lowest BCUT2D eigenvalue weighted by Gasteiger charge is -2.20. The third kappa shape index (κ3) is 5.02. The maximum Gasteiger partial charge on any atom is 0.323 e. The molecule has 2 saturated heterocycles. The Hall–Kier alpha value is -1.44. The highest BCUT2D eigenvalue weighted by molar-refractivity contribution is 8.00. The highest BCUT2D eigenvalue weighted by Crippen LogP contribution is 2.33. The van der Waals surface area contributed by atoms with Gasteiger partial charge in [-0.05, 0) is 19.3 Å². The number of carbonyl (C=O) groups excluding carboxylic acids is 2. The Morgan fingerprint density at radius 1 is 1.35 bits per heavy atom. The summed E-state index contributed by atoms with van der Waals surface area (Å²) >= 11 is 1.87. The Kier molecular flexibility index (Phi) is 6.56. The zero-order chi connectivity index (χ0) is 16.8. The third-order valence-electron chi connectivity index (χ3n) is 4.24. The van der Waals surface area contributed by atoms with Crippen molar-refractivity contribution in [1.82, 2.24) is 15.5 Å². The van der Waals surface area contributed by atoms with Gasteiger partial charge in [0.2, 0.25) is 5.91 Å². The second-order valence-electron chi connectivity index (χ2n) is 6.08. The number of hydrogen-bond donors (Lipinski definition) is 3. The van der Waals surface area contributed by atoms with E-state index >= 15 is 0 Å². The molecule has 0 spiro atoms. The number of rotatable bonds is 9. The summed E-state index contributed by atoms with van der Waals surface area (Å²) in [6, 6.07) is 0.353. The van der Waals surface area contributed by atoms with Gasteiger partial charge in [-0.15, -0.1) is 0 Å². The molecule has 3 N–H and O–H groups in total. The number of nitrogens with zero attached hydrogens (tertiary/aromatic N) is 1. The first-order valence-electron chi connectivity index (χ1n) is 8.19. The third-order valence-corrected chi connectivity index (χ3v) is 5.75. The summed E-state index contributed by atoms with van der Waals surface area (Å²) in [5.74, 6) is -0.109. The molecule has 0 aromatic rings. The molecule has 2 aliphatic rings. The summed E-state index contributed by atoms with van der Waals surface area (Å²) < 4.78 is 0. The molecule has 2 heterocycles. The molecule has 23 heavy (non-hydrogen) atoms. The van der Waals surface area contributed by atoms with Crippen LogP contribution in [-0.4, -0.2) is 64.1 Å². The first kappa shape index (κ1) is 17.9. The van der Waals surface area contributed by atoms with E-state index in [0.717, 1.165) is 31.4 Å². The Morgan fingerprint density at radius 3 is 2.83 bits per heavy atom. The minimum Gasteiger partial charge on any atom is -0.480 e. The average molecular weight is 343 g/mol. The van der Waals surface area contributed by atoms with E-state index in [0.29, 0.717) is 18.2 Å². The summed E-state index contributed by atoms with van der Waals surface area (Å²) in [6.45, 7) is 2.21. The van der Waals surface area contributed by atoms with Crippen LogP contribution in [0, 0.1) is 0 Å². The van der Waals surface area contributed by atoms with Gasteiger partial charge >= 0.3 is 12.0 Å². The van der Waals surface area contributed by atoms with E-state index in [1.165, 1.54) is 4.90 Å². The molecule has 130 valence electrons. The van der Waals surface area contributed by atoms with Crippen LogP contribution in [0.5, 0.6) is 0 Å². The largest absolute Gasteiger partial charge is 0.480 e. The molecule has 0 aromatic heterocycles. The fourth-order valence-electron chi connectivity index (χ4n) is 3.15. The molecule has 0 saturated carbocycles. The fourth-order valence-corrected chi connectivity index (χ4v) is 4.69. The molecular formula is C15H25N3O4S. The van der Waals surface area contributed by atoms with Crippen molar-refractivity contribution in [2.45, 2.75) is 56.4 Å². The lowest BCUT2D eigenvalue weighted by Crippen LogP contribution is -2.37.